The van der Waals surface area contributed by atoms with Gasteiger partial charge in [-0.3, -0.25) is 0 Å². The van der Waals surface area contributed by atoms with Crippen molar-refractivity contribution in [2.45, 2.75) is 17.3 Å². The SMILES string of the molecule is N#Cc1cc(C2=CSC(c3cc(Cl)c(Cl)c(Cl)c3)(C(F)(F)F)C2)ccc1-n1cncn1. The molecule has 0 bridgehead atoms. The normalized spacial score (nSPS) is 18.7. The second-order valence-corrected chi connectivity index (χ2v) is 9.06. The number of thioether (sulfide) groups is 1. The number of allylic oxidation sites excluding steroid dienone is 1. The Hall–Kier alpha value is -2.18. The zero-order valence-corrected chi connectivity index (χ0v) is 18.4. The standard InChI is InChI=1S/C20H10Cl3F3N4S/c21-15-4-14(5-16(22)18(15)23)19(20(24,25)26)6-13(8-31-19)11-1-2-17(12(3-11)7-27)30-10-28-9-29-30/h1-5,8-10H,6H2. The Morgan fingerprint density at radius 3 is 2.42 bits per heavy atom. The van der Waals surface area contributed by atoms with E-state index in [1.165, 1.54) is 40.9 Å². The highest BCUT2D eigenvalue weighted by Gasteiger charge is 2.58. The predicted molar refractivity (Wildman–Crippen MR) is 115 cm³/mol. The molecule has 1 atom stereocenters. The second kappa shape index (κ2) is 8.06. The van der Waals surface area contributed by atoms with Crippen LogP contribution in [0.1, 0.15) is 23.1 Å². The van der Waals surface area contributed by atoms with Crippen LogP contribution < -0.4 is 0 Å². The molecule has 4 rings (SSSR count). The first kappa shape index (κ1) is 22.0. The predicted octanol–water partition coefficient (Wildman–Crippen LogP) is 7.03. The summed E-state index contributed by atoms with van der Waals surface area (Å²) in [4.78, 5) is 3.85. The van der Waals surface area contributed by atoms with Gasteiger partial charge in [-0.1, -0.05) is 40.9 Å². The van der Waals surface area contributed by atoms with Gasteiger partial charge in [-0.05, 0) is 46.4 Å². The number of alkyl halides is 3. The zero-order chi connectivity index (χ0) is 22.4. The maximum Gasteiger partial charge on any atom is 0.407 e. The molecular formula is C20H10Cl3F3N4S. The molecule has 1 aliphatic rings. The van der Waals surface area contributed by atoms with Gasteiger partial charge in [-0.2, -0.15) is 23.5 Å². The number of halogens is 6. The summed E-state index contributed by atoms with van der Waals surface area (Å²) in [7, 11) is 0. The van der Waals surface area contributed by atoms with Crippen molar-refractivity contribution in [2.75, 3.05) is 0 Å². The van der Waals surface area contributed by atoms with E-state index in [2.05, 4.69) is 16.2 Å². The molecule has 1 aliphatic heterocycles. The first-order valence-electron chi connectivity index (χ1n) is 8.64. The van der Waals surface area contributed by atoms with Crippen molar-refractivity contribution < 1.29 is 13.2 Å². The third-order valence-electron chi connectivity index (χ3n) is 4.90. The fourth-order valence-electron chi connectivity index (χ4n) is 3.34. The lowest BCUT2D eigenvalue weighted by Gasteiger charge is -2.32. The number of rotatable bonds is 3. The van der Waals surface area contributed by atoms with Crippen molar-refractivity contribution >= 4 is 52.1 Å². The fourth-order valence-corrected chi connectivity index (χ4v) is 5.13. The molecule has 2 aromatic carbocycles. The molecule has 158 valence electrons. The van der Waals surface area contributed by atoms with E-state index in [1.54, 1.807) is 12.1 Å². The second-order valence-electron chi connectivity index (χ2n) is 6.70. The maximum absolute atomic E-state index is 14.3. The molecule has 1 unspecified atom stereocenters. The van der Waals surface area contributed by atoms with E-state index in [9.17, 15) is 18.4 Å². The number of benzene rings is 2. The summed E-state index contributed by atoms with van der Waals surface area (Å²) in [5.74, 6) is 0. The largest absolute Gasteiger partial charge is 0.407 e. The Morgan fingerprint density at radius 1 is 1.13 bits per heavy atom. The molecule has 0 radical (unpaired) electrons. The van der Waals surface area contributed by atoms with E-state index >= 15 is 0 Å². The summed E-state index contributed by atoms with van der Waals surface area (Å²) in [5.41, 5.74) is 1.59. The number of hydrogen-bond acceptors (Lipinski definition) is 4. The maximum atomic E-state index is 14.3. The molecule has 3 aromatic rings. The van der Waals surface area contributed by atoms with Crippen LogP contribution in [0.5, 0.6) is 0 Å². The molecule has 0 spiro atoms. The fraction of sp³-hybridized carbons (Fsp3) is 0.150. The lowest BCUT2D eigenvalue weighted by molar-refractivity contribution is -0.160. The van der Waals surface area contributed by atoms with Gasteiger partial charge in [0.15, 0.2) is 0 Å². The Kier molecular flexibility index (Phi) is 5.73. The van der Waals surface area contributed by atoms with Crippen LogP contribution in [0.25, 0.3) is 11.3 Å². The molecule has 0 amide bonds. The van der Waals surface area contributed by atoms with Crippen LogP contribution in [-0.4, -0.2) is 20.9 Å². The van der Waals surface area contributed by atoms with Gasteiger partial charge in [-0.15, -0.1) is 11.8 Å². The minimum absolute atomic E-state index is 0.00273. The smallest absolute Gasteiger partial charge is 0.223 e. The van der Waals surface area contributed by atoms with Crippen LogP contribution in [0.3, 0.4) is 0 Å². The lowest BCUT2D eigenvalue weighted by Crippen LogP contribution is -2.37. The summed E-state index contributed by atoms with van der Waals surface area (Å²) in [6.45, 7) is 0. The number of hydrogen-bond donors (Lipinski definition) is 0. The Balaban J connectivity index is 1.75. The van der Waals surface area contributed by atoms with Gasteiger partial charge in [-0.25, -0.2) is 9.67 Å². The molecule has 0 saturated heterocycles. The van der Waals surface area contributed by atoms with Gasteiger partial charge in [0.1, 0.15) is 23.5 Å². The van der Waals surface area contributed by atoms with Gasteiger partial charge >= 0.3 is 6.18 Å². The van der Waals surface area contributed by atoms with Crippen LogP contribution >= 0.6 is 46.6 Å². The average Bonchev–Trinajstić information content (AvgIpc) is 3.41. The van der Waals surface area contributed by atoms with Gasteiger partial charge in [0.2, 0.25) is 0 Å². The number of nitrogens with zero attached hydrogens (tertiary/aromatic N) is 4. The molecular weight excluding hydrogens is 492 g/mol. The summed E-state index contributed by atoms with van der Waals surface area (Å²) in [6.07, 6.45) is -2.20. The van der Waals surface area contributed by atoms with E-state index in [-0.39, 0.29) is 32.6 Å². The molecule has 1 aromatic heterocycles. The van der Waals surface area contributed by atoms with E-state index in [1.807, 2.05) is 0 Å². The Bertz CT molecular complexity index is 1210. The summed E-state index contributed by atoms with van der Waals surface area (Å²) in [6, 6.07) is 9.26. The molecule has 0 saturated carbocycles. The van der Waals surface area contributed by atoms with Gasteiger partial charge < -0.3 is 0 Å². The molecule has 0 N–H and O–H groups in total. The lowest BCUT2D eigenvalue weighted by atomic mass is 9.88. The third-order valence-corrected chi connectivity index (χ3v) is 7.52. The summed E-state index contributed by atoms with van der Waals surface area (Å²) in [5, 5.41) is 14.9. The topological polar surface area (TPSA) is 54.5 Å². The molecule has 31 heavy (non-hydrogen) atoms. The summed E-state index contributed by atoms with van der Waals surface area (Å²) >= 11 is 18.6. The van der Waals surface area contributed by atoms with E-state index in [4.69, 9.17) is 34.8 Å². The van der Waals surface area contributed by atoms with Crippen molar-refractivity contribution in [3.05, 3.63) is 80.2 Å². The van der Waals surface area contributed by atoms with Crippen molar-refractivity contribution in [2.24, 2.45) is 0 Å². The van der Waals surface area contributed by atoms with Crippen LogP contribution in [0.2, 0.25) is 15.1 Å². The van der Waals surface area contributed by atoms with E-state index in [0.29, 0.717) is 28.6 Å². The van der Waals surface area contributed by atoms with E-state index in [0.717, 1.165) is 0 Å². The van der Waals surface area contributed by atoms with Gasteiger partial charge in [0, 0.05) is 6.42 Å². The van der Waals surface area contributed by atoms with E-state index < -0.39 is 10.9 Å². The quantitative estimate of drug-likeness (QED) is 0.361. The Morgan fingerprint density at radius 2 is 1.84 bits per heavy atom. The van der Waals surface area contributed by atoms with Crippen LogP contribution in [-0.2, 0) is 4.75 Å². The molecule has 0 fully saturated rings. The zero-order valence-electron chi connectivity index (χ0n) is 15.3. The third kappa shape index (κ3) is 3.80. The minimum atomic E-state index is -4.60. The monoisotopic (exact) mass is 500 g/mol. The van der Waals surface area contributed by atoms with Crippen molar-refractivity contribution in [3.8, 4) is 11.8 Å². The van der Waals surface area contributed by atoms with Gasteiger partial charge in [0.25, 0.3) is 0 Å². The highest BCUT2D eigenvalue weighted by molar-refractivity contribution is 8.03. The van der Waals surface area contributed by atoms with Crippen molar-refractivity contribution in [3.63, 3.8) is 0 Å². The Labute approximate surface area is 194 Å². The number of nitriles is 1. The average molecular weight is 502 g/mol. The van der Waals surface area contributed by atoms with Crippen molar-refractivity contribution in [1.29, 1.82) is 5.26 Å². The van der Waals surface area contributed by atoms with Crippen molar-refractivity contribution in [1.82, 2.24) is 14.8 Å². The van der Waals surface area contributed by atoms with Crippen LogP contribution in [0, 0.1) is 11.3 Å². The van der Waals surface area contributed by atoms with Crippen LogP contribution in [0.15, 0.2) is 48.4 Å². The molecule has 0 aliphatic carbocycles. The first-order valence-corrected chi connectivity index (χ1v) is 10.7. The summed E-state index contributed by atoms with van der Waals surface area (Å²) < 4.78 is 42.1. The number of aromatic nitrogens is 3. The van der Waals surface area contributed by atoms with Crippen LogP contribution in [0.4, 0.5) is 13.2 Å². The molecule has 11 heteroatoms. The molecule has 4 nitrogen and oxygen atoms in total. The van der Waals surface area contributed by atoms with Gasteiger partial charge in [0.05, 0.1) is 26.3 Å². The highest BCUT2D eigenvalue weighted by Crippen LogP contribution is 2.60. The minimum Gasteiger partial charge on any atom is -0.223 e. The first-order chi connectivity index (χ1) is 14.7. The highest BCUT2D eigenvalue weighted by atomic mass is 35.5. The molecule has 2 heterocycles.